The molecule has 1 unspecified atom stereocenters. The summed E-state index contributed by atoms with van der Waals surface area (Å²) in [5, 5.41) is 8.00. The van der Waals surface area contributed by atoms with Crippen molar-refractivity contribution >= 4 is 11.6 Å². The summed E-state index contributed by atoms with van der Waals surface area (Å²) in [6, 6.07) is 1.99. The average molecular weight is 161 g/mol. The smallest absolute Gasteiger partial charge is 0.133 e. The molecule has 0 aromatic carbocycles. The Bertz CT molecular complexity index is 115. The topological polar surface area (TPSA) is 27.0 Å². The summed E-state index contributed by atoms with van der Waals surface area (Å²) in [5.41, 5.74) is 0. The van der Waals surface area contributed by atoms with E-state index in [9.17, 15) is 0 Å². The maximum absolute atomic E-state index is 8.37. The zero-order valence-electron chi connectivity index (χ0n) is 6.47. The van der Waals surface area contributed by atoms with Gasteiger partial charge in [0.1, 0.15) is 5.38 Å². The largest absolute Gasteiger partial charge is 0.301 e. The Morgan fingerprint density at radius 3 is 2.30 bits per heavy atom. The predicted molar refractivity (Wildman–Crippen MR) is 43.0 cm³/mol. The molecule has 0 rings (SSSR count). The van der Waals surface area contributed by atoms with Crippen molar-refractivity contribution in [1.82, 2.24) is 4.90 Å². The van der Waals surface area contributed by atoms with Crippen molar-refractivity contribution in [2.75, 3.05) is 19.6 Å². The van der Waals surface area contributed by atoms with Crippen LogP contribution in [0.15, 0.2) is 0 Å². The lowest BCUT2D eigenvalue weighted by Crippen LogP contribution is -2.28. The van der Waals surface area contributed by atoms with Gasteiger partial charge in [0.05, 0.1) is 6.07 Å². The van der Waals surface area contributed by atoms with Crippen LogP contribution in [0.1, 0.15) is 13.8 Å². The SMILES string of the molecule is CCN(CC)CC(Cl)C#N. The van der Waals surface area contributed by atoms with Gasteiger partial charge >= 0.3 is 0 Å². The summed E-state index contributed by atoms with van der Waals surface area (Å²) >= 11 is 5.61. The molecule has 1 atom stereocenters. The van der Waals surface area contributed by atoms with Crippen LogP contribution in [0.4, 0.5) is 0 Å². The van der Waals surface area contributed by atoms with Crippen molar-refractivity contribution in [3.8, 4) is 6.07 Å². The second kappa shape index (κ2) is 5.52. The van der Waals surface area contributed by atoms with Crippen LogP contribution < -0.4 is 0 Å². The molecule has 0 fully saturated rings. The normalized spacial score (nSPS) is 13.1. The fourth-order valence-electron chi connectivity index (χ4n) is 0.749. The van der Waals surface area contributed by atoms with E-state index in [1.165, 1.54) is 0 Å². The van der Waals surface area contributed by atoms with Crippen molar-refractivity contribution in [3.05, 3.63) is 0 Å². The van der Waals surface area contributed by atoms with Crippen LogP contribution >= 0.6 is 11.6 Å². The maximum Gasteiger partial charge on any atom is 0.133 e. The Morgan fingerprint density at radius 2 is 2.00 bits per heavy atom. The van der Waals surface area contributed by atoms with Gasteiger partial charge in [-0.3, -0.25) is 0 Å². The van der Waals surface area contributed by atoms with Crippen LogP contribution in [0.5, 0.6) is 0 Å². The van der Waals surface area contributed by atoms with Gasteiger partial charge in [-0.05, 0) is 13.1 Å². The zero-order valence-corrected chi connectivity index (χ0v) is 7.23. The molecule has 0 aliphatic carbocycles. The highest BCUT2D eigenvalue weighted by molar-refractivity contribution is 6.22. The number of rotatable bonds is 4. The first-order chi connectivity index (χ1) is 4.74. The van der Waals surface area contributed by atoms with Gasteiger partial charge in [0.25, 0.3) is 0 Å². The molecule has 0 bridgehead atoms. The van der Waals surface area contributed by atoms with Gasteiger partial charge in [0, 0.05) is 6.54 Å². The first-order valence-electron chi connectivity index (χ1n) is 3.50. The van der Waals surface area contributed by atoms with Gasteiger partial charge in [-0.15, -0.1) is 11.6 Å². The minimum Gasteiger partial charge on any atom is -0.301 e. The molecule has 0 N–H and O–H groups in total. The summed E-state index contributed by atoms with van der Waals surface area (Å²) in [6.45, 7) is 6.71. The van der Waals surface area contributed by atoms with Crippen LogP contribution in [-0.4, -0.2) is 29.9 Å². The second-order valence-electron chi connectivity index (χ2n) is 2.08. The lowest BCUT2D eigenvalue weighted by atomic mass is 10.4. The number of alkyl halides is 1. The minimum absolute atomic E-state index is 0.361. The highest BCUT2D eigenvalue weighted by Crippen LogP contribution is 1.97. The van der Waals surface area contributed by atoms with Crippen LogP contribution in [0.25, 0.3) is 0 Å². The Labute approximate surface area is 67.4 Å². The lowest BCUT2D eigenvalue weighted by molar-refractivity contribution is 0.313. The van der Waals surface area contributed by atoms with Crippen LogP contribution in [-0.2, 0) is 0 Å². The highest BCUT2D eigenvalue weighted by Gasteiger charge is 2.06. The number of halogens is 1. The summed E-state index contributed by atoms with van der Waals surface area (Å²) in [7, 11) is 0. The Balaban J connectivity index is 3.54. The molecule has 0 radical (unpaired) electrons. The molecule has 0 saturated carbocycles. The van der Waals surface area contributed by atoms with Gasteiger partial charge in [0.2, 0.25) is 0 Å². The standard InChI is InChI=1S/C7H13ClN2/c1-3-10(4-2)6-7(8)5-9/h7H,3-4,6H2,1-2H3. The Morgan fingerprint density at radius 1 is 1.50 bits per heavy atom. The molecule has 10 heavy (non-hydrogen) atoms. The van der Waals surface area contributed by atoms with E-state index in [1.54, 1.807) is 0 Å². The van der Waals surface area contributed by atoms with Crippen LogP contribution in [0.3, 0.4) is 0 Å². The average Bonchev–Trinajstić information content (AvgIpc) is 1.99. The summed E-state index contributed by atoms with van der Waals surface area (Å²) in [6.07, 6.45) is 0. The summed E-state index contributed by atoms with van der Waals surface area (Å²) in [4.78, 5) is 2.13. The van der Waals surface area contributed by atoms with Crippen molar-refractivity contribution in [3.63, 3.8) is 0 Å². The summed E-state index contributed by atoms with van der Waals surface area (Å²) in [5.74, 6) is 0. The summed E-state index contributed by atoms with van der Waals surface area (Å²) < 4.78 is 0. The molecule has 0 amide bonds. The van der Waals surface area contributed by atoms with Crippen molar-refractivity contribution < 1.29 is 0 Å². The minimum atomic E-state index is -0.361. The number of nitrogens with zero attached hydrogens (tertiary/aromatic N) is 2. The third kappa shape index (κ3) is 3.71. The number of hydrogen-bond acceptors (Lipinski definition) is 2. The van der Waals surface area contributed by atoms with Gasteiger partial charge in [-0.25, -0.2) is 0 Å². The van der Waals surface area contributed by atoms with E-state index in [2.05, 4.69) is 18.7 Å². The highest BCUT2D eigenvalue weighted by atomic mass is 35.5. The maximum atomic E-state index is 8.37. The van der Waals surface area contributed by atoms with Crippen molar-refractivity contribution in [2.45, 2.75) is 19.2 Å². The van der Waals surface area contributed by atoms with Gasteiger partial charge < -0.3 is 4.90 Å². The lowest BCUT2D eigenvalue weighted by Gasteiger charge is -2.17. The third-order valence-corrected chi connectivity index (χ3v) is 1.69. The monoisotopic (exact) mass is 160 g/mol. The molecule has 0 spiro atoms. The van der Waals surface area contributed by atoms with Crippen molar-refractivity contribution in [2.24, 2.45) is 0 Å². The van der Waals surface area contributed by atoms with Gasteiger partial charge in [-0.1, -0.05) is 13.8 Å². The van der Waals surface area contributed by atoms with E-state index in [4.69, 9.17) is 16.9 Å². The molecule has 58 valence electrons. The molecule has 0 aromatic heterocycles. The Hall–Kier alpha value is -0.260. The predicted octanol–water partition coefficient (Wildman–Crippen LogP) is 1.46. The van der Waals surface area contributed by atoms with E-state index < -0.39 is 0 Å². The quantitative estimate of drug-likeness (QED) is 0.583. The van der Waals surface area contributed by atoms with E-state index in [-0.39, 0.29) is 5.38 Å². The number of hydrogen-bond donors (Lipinski definition) is 0. The molecule has 0 aromatic rings. The fraction of sp³-hybridized carbons (Fsp3) is 0.857. The fourth-order valence-corrected chi connectivity index (χ4v) is 0.944. The van der Waals surface area contributed by atoms with E-state index in [0.29, 0.717) is 6.54 Å². The van der Waals surface area contributed by atoms with Crippen molar-refractivity contribution in [1.29, 1.82) is 5.26 Å². The first-order valence-corrected chi connectivity index (χ1v) is 3.94. The Kier molecular flexibility index (Phi) is 5.38. The molecule has 0 aliphatic rings. The molecular weight excluding hydrogens is 148 g/mol. The van der Waals surface area contributed by atoms with Gasteiger partial charge in [0.15, 0.2) is 0 Å². The second-order valence-corrected chi connectivity index (χ2v) is 2.61. The molecule has 3 heteroatoms. The molecule has 0 saturated heterocycles. The zero-order chi connectivity index (χ0) is 7.98. The number of nitriles is 1. The van der Waals surface area contributed by atoms with E-state index in [1.807, 2.05) is 6.07 Å². The molecule has 0 aliphatic heterocycles. The molecule has 2 nitrogen and oxygen atoms in total. The first kappa shape index (κ1) is 9.74. The van der Waals surface area contributed by atoms with Gasteiger partial charge in [-0.2, -0.15) is 5.26 Å². The third-order valence-electron chi connectivity index (χ3n) is 1.45. The molecule has 0 heterocycles. The van der Waals surface area contributed by atoms with Crippen LogP contribution in [0, 0.1) is 11.3 Å². The van der Waals surface area contributed by atoms with Crippen LogP contribution in [0.2, 0.25) is 0 Å². The van der Waals surface area contributed by atoms with E-state index in [0.717, 1.165) is 13.1 Å². The van der Waals surface area contributed by atoms with E-state index >= 15 is 0 Å². The molecular formula is C7H13ClN2.